The van der Waals surface area contributed by atoms with E-state index in [2.05, 4.69) is 46.2 Å². The van der Waals surface area contributed by atoms with E-state index < -0.39 is 0 Å². The van der Waals surface area contributed by atoms with E-state index in [1.54, 1.807) is 0 Å². The first-order valence-corrected chi connectivity index (χ1v) is 10.8. The summed E-state index contributed by atoms with van der Waals surface area (Å²) < 4.78 is 4.12. The number of nitrogens with two attached hydrogens (primary N) is 1. The van der Waals surface area contributed by atoms with Crippen LogP contribution in [0.1, 0.15) is 18.4 Å². The maximum atomic E-state index is 9.23. The van der Waals surface area contributed by atoms with Crippen LogP contribution in [0.15, 0.2) is 67.1 Å². The van der Waals surface area contributed by atoms with E-state index in [1.165, 1.54) is 0 Å². The van der Waals surface area contributed by atoms with Crippen LogP contribution in [0.5, 0.6) is 0 Å². The van der Waals surface area contributed by atoms with Crippen molar-refractivity contribution >= 4 is 21.8 Å². The molecule has 158 valence electrons. The van der Waals surface area contributed by atoms with Crippen molar-refractivity contribution in [3.8, 4) is 28.5 Å². The van der Waals surface area contributed by atoms with Crippen molar-refractivity contribution in [1.82, 2.24) is 19.3 Å². The van der Waals surface area contributed by atoms with Crippen LogP contribution < -0.4 is 5.73 Å². The molecule has 2 aromatic carbocycles. The van der Waals surface area contributed by atoms with Gasteiger partial charge in [0.2, 0.25) is 0 Å². The number of aromatic nitrogens is 4. The summed E-state index contributed by atoms with van der Waals surface area (Å²) in [5, 5.41) is 15.8. The van der Waals surface area contributed by atoms with Gasteiger partial charge >= 0.3 is 0 Å². The monoisotopic (exact) mass is 420 g/mol. The lowest BCUT2D eigenvalue weighted by atomic mass is 9.95. The summed E-state index contributed by atoms with van der Waals surface area (Å²) in [4.78, 5) is 4.93. The van der Waals surface area contributed by atoms with Crippen molar-refractivity contribution in [2.75, 3.05) is 6.54 Å². The molecular formula is C26H24N6. The second kappa shape index (κ2) is 8.29. The minimum atomic E-state index is 0.645. The molecule has 0 fully saturated rings. The highest BCUT2D eigenvalue weighted by Crippen LogP contribution is 2.38. The highest BCUT2D eigenvalue weighted by molar-refractivity contribution is 6.02. The van der Waals surface area contributed by atoms with Gasteiger partial charge in [0.25, 0.3) is 0 Å². The van der Waals surface area contributed by atoms with Crippen molar-refractivity contribution in [2.24, 2.45) is 12.8 Å². The van der Waals surface area contributed by atoms with Crippen LogP contribution in [0.2, 0.25) is 0 Å². The molecule has 0 amide bonds. The molecule has 0 bridgehead atoms. The van der Waals surface area contributed by atoms with Gasteiger partial charge in [-0.2, -0.15) is 10.4 Å². The maximum Gasteiger partial charge on any atom is 0.0991 e. The van der Waals surface area contributed by atoms with Crippen molar-refractivity contribution in [3.05, 3.63) is 72.7 Å². The fourth-order valence-electron chi connectivity index (χ4n) is 4.31. The number of benzene rings is 2. The Morgan fingerprint density at radius 2 is 1.78 bits per heavy atom. The molecule has 0 saturated carbocycles. The van der Waals surface area contributed by atoms with Crippen LogP contribution in [0, 0.1) is 11.3 Å². The molecule has 32 heavy (non-hydrogen) atoms. The number of hydrogen-bond donors (Lipinski definition) is 1. The number of pyridine rings is 1. The number of hydrogen-bond acceptors (Lipinski definition) is 4. The summed E-state index contributed by atoms with van der Waals surface area (Å²) in [7, 11) is 1.95. The van der Waals surface area contributed by atoms with Crippen molar-refractivity contribution in [3.63, 3.8) is 0 Å². The quantitative estimate of drug-likeness (QED) is 0.397. The number of nitriles is 1. The Labute approximate surface area is 186 Å². The number of unbranched alkanes of at least 4 members (excludes halogenated alkanes) is 1. The molecule has 6 nitrogen and oxygen atoms in total. The lowest BCUT2D eigenvalue weighted by molar-refractivity contribution is 0.630. The fraction of sp³-hybridized carbons (Fsp3) is 0.192. The van der Waals surface area contributed by atoms with Gasteiger partial charge < -0.3 is 10.3 Å². The minimum absolute atomic E-state index is 0.645. The summed E-state index contributed by atoms with van der Waals surface area (Å²) in [5.74, 6) is 0. The van der Waals surface area contributed by atoms with Gasteiger partial charge in [0.15, 0.2) is 0 Å². The second-order valence-electron chi connectivity index (χ2n) is 8.02. The van der Waals surface area contributed by atoms with Crippen LogP contribution in [-0.4, -0.2) is 25.9 Å². The van der Waals surface area contributed by atoms with Crippen LogP contribution in [0.4, 0.5) is 0 Å². The first kappa shape index (κ1) is 20.0. The van der Waals surface area contributed by atoms with Gasteiger partial charge in [-0.15, -0.1) is 0 Å². The van der Waals surface area contributed by atoms with Gasteiger partial charge in [-0.1, -0.05) is 18.2 Å². The van der Waals surface area contributed by atoms with Crippen LogP contribution >= 0.6 is 0 Å². The molecule has 0 aliphatic heterocycles. The Balaban J connectivity index is 1.71. The number of aryl methyl sites for hydroxylation is 2. The Morgan fingerprint density at radius 3 is 2.56 bits per heavy atom. The van der Waals surface area contributed by atoms with E-state index >= 15 is 0 Å². The van der Waals surface area contributed by atoms with Crippen molar-refractivity contribution in [2.45, 2.75) is 19.4 Å². The fourth-order valence-corrected chi connectivity index (χ4v) is 4.31. The standard InChI is InChI=1S/C26H24N6/c1-31-23-9-8-20(14-21(23)16-30-31)26-25(19-6-4-18(15-28)5-7-19)22-10-13-32(12-3-2-11-27)24(22)17-29-26/h4-10,13-14,16-17H,2-3,11-12,27H2,1H3. The number of fused-ring (bicyclic) bond motifs is 2. The average Bonchev–Trinajstić information content (AvgIpc) is 3.42. The molecule has 0 unspecified atom stereocenters. The number of rotatable bonds is 6. The van der Waals surface area contributed by atoms with Gasteiger partial charge in [0.05, 0.1) is 40.8 Å². The van der Waals surface area contributed by atoms with Gasteiger partial charge in [-0.25, -0.2) is 0 Å². The van der Waals surface area contributed by atoms with Gasteiger partial charge in [-0.3, -0.25) is 9.67 Å². The Hall–Kier alpha value is -3.95. The zero-order valence-electron chi connectivity index (χ0n) is 18.0. The Morgan fingerprint density at radius 1 is 0.969 bits per heavy atom. The third kappa shape index (κ3) is 3.43. The topological polar surface area (TPSA) is 85.4 Å². The van der Waals surface area contributed by atoms with E-state index in [0.717, 1.165) is 63.6 Å². The van der Waals surface area contributed by atoms with E-state index in [4.69, 9.17) is 10.7 Å². The summed E-state index contributed by atoms with van der Waals surface area (Å²) in [6, 6.07) is 18.4. The molecule has 5 rings (SSSR count). The SMILES string of the molecule is Cn1ncc2cc(-c3ncc4c(ccn4CCCCN)c3-c3ccc(C#N)cc3)ccc21. The number of nitrogens with zero attached hydrogens (tertiary/aromatic N) is 5. The molecule has 3 heterocycles. The van der Waals surface area contributed by atoms with Gasteiger partial charge in [-0.05, 0) is 55.3 Å². The van der Waals surface area contributed by atoms with Gasteiger partial charge in [0.1, 0.15) is 0 Å². The third-order valence-corrected chi connectivity index (χ3v) is 6.00. The molecular weight excluding hydrogens is 396 g/mol. The zero-order valence-corrected chi connectivity index (χ0v) is 18.0. The molecule has 2 N–H and O–H groups in total. The molecule has 0 radical (unpaired) electrons. The molecule has 0 aliphatic carbocycles. The highest BCUT2D eigenvalue weighted by atomic mass is 15.2. The normalized spacial score (nSPS) is 11.3. The lowest BCUT2D eigenvalue weighted by Gasteiger charge is -2.13. The first-order chi connectivity index (χ1) is 15.7. The predicted octanol–water partition coefficient (Wildman–Crippen LogP) is 4.87. The second-order valence-corrected chi connectivity index (χ2v) is 8.02. The van der Waals surface area contributed by atoms with Crippen molar-refractivity contribution < 1.29 is 0 Å². The molecule has 5 aromatic rings. The highest BCUT2D eigenvalue weighted by Gasteiger charge is 2.16. The zero-order chi connectivity index (χ0) is 22.1. The van der Waals surface area contributed by atoms with Gasteiger partial charge in [0, 0.05) is 41.7 Å². The maximum absolute atomic E-state index is 9.23. The van der Waals surface area contributed by atoms with E-state index in [0.29, 0.717) is 12.1 Å². The van der Waals surface area contributed by atoms with Crippen LogP contribution in [0.25, 0.3) is 44.2 Å². The predicted molar refractivity (Wildman–Crippen MR) is 128 cm³/mol. The first-order valence-electron chi connectivity index (χ1n) is 10.8. The largest absolute Gasteiger partial charge is 0.346 e. The molecule has 6 heteroatoms. The molecule has 3 aromatic heterocycles. The van der Waals surface area contributed by atoms with E-state index in [9.17, 15) is 5.26 Å². The van der Waals surface area contributed by atoms with E-state index in [-0.39, 0.29) is 0 Å². The summed E-state index contributed by atoms with van der Waals surface area (Å²) in [6.45, 7) is 1.62. The van der Waals surface area contributed by atoms with Crippen molar-refractivity contribution in [1.29, 1.82) is 5.26 Å². The molecule has 0 atom stereocenters. The smallest absolute Gasteiger partial charge is 0.0991 e. The third-order valence-electron chi connectivity index (χ3n) is 6.00. The molecule has 0 spiro atoms. The summed E-state index contributed by atoms with van der Waals surface area (Å²) in [5.41, 5.74) is 12.6. The van der Waals surface area contributed by atoms with Crippen LogP contribution in [-0.2, 0) is 13.6 Å². The van der Waals surface area contributed by atoms with Crippen LogP contribution in [0.3, 0.4) is 0 Å². The molecule has 0 aliphatic rings. The Bertz CT molecular complexity index is 1450. The van der Waals surface area contributed by atoms with E-state index in [1.807, 2.05) is 48.4 Å². The average molecular weight is 421 g/mol. The summed E-state index contributed by atoms with van der Waals surface area (Å²) >= 11 is 0. The lowest BCUT2D eigenvalue weighted by Crippen LogP contribution is -2.02. The Kier molecular flexibility index (Phi) is 5.18. The minimum Gasteiger partial charge on any atom is -0.346 e. The summed E-state index contributed by atoms with van der Waals surface area (Å²) in [6.07, 6.45) is 8.01. The molecule has 0 saturated heterocycles.